The molecule has 1 aromatic carbocycles. The average Bonchev–Trinajstić information content (AvgIpc) is 3.22. The first-order chi connectivity index (χ1) is 13.9. The Bertz CT molecular complexity index is 1160. The molecule has 0 atom stereocenters. The van der Waals surface area contributed by atoms with E-state index >= 15 is 0 Å². The zero-order valence-corrected chi connectivity index (χ0v) is 16.9. The number of aliphatic hydroxyl groups excluding tert-OH is 1. The maximum absolute atomic E-state index is 12.7. The smallest absolute Gasteiger partial charge is 0.333 e. The van der Waals surface area contributed by atoms with Crippen molar-refractivity contribution in [2.75, 3.05) is 6.61 Å². The third-order valence-corrected chi connectivity index (χ3v) is 5.00. The van der Waals surface area contributed by atoms with Crippen molar-refractivity contribution in [1.82, 2.24) is 9.78 Å². The number of fused-ring (bicyclic) bond motifs is 1. The van der Waals surface area contributed by atoms with Gasteiger partial charge < -0.3 is 5.11 Å². The van der Waals surface area contributed by atoms with Gasteiger partial charge >= 0.3 is 11.4 Å². The van der Waals surface area contributed by atoms with Gasteiger partial charge in [-0.2, -0.15) is 4.57 Å². The molecule has 1 aliphatic rings. The summed E-state index contributed by atoms with van der Waals surface area (Å²) in [6, 6.07) is 16.3. The van der Waals surface area contributed by atoms with E-state index in [9.17, 15) is 4.79 Å². The Morgan fingerprint density at radius 2 is 1.83 bits per heavy atom. The Kier molecular flexibility index (Phi) is 4.80. The van der Waals surface area contributed by atoms with Crippen LogP contribution < -0.4 is 10.1 Å². The standard InChI is InChI=1S/C23H24N4O2/c1-23(2,3)20-19(16-9-5-4-6-10-16)18-11-7-8-12-26(18)21(20)25-17-15-24-27(13-14-28)22(17)29/h4-12,15,28H,13-14H2,1-3H3/p+1. The maximum atomic E-state index is 12.7. The van der Waals surface area contributed by atoms with Crippen molar-refractivity contribution >= 4 is 17.1 Å². The summed E-state index contributed by atoms with van der Waals surface area (Å²) in [5.41, 5.74) is 4.27. The van der Waals surface area contributed by atoms with Crippen molar-refractivity contribution < 1.29 is 9.67 Å². The minimum atomic E-state index is -0.244. The number of hydrogen-bond acceptors (Lipinski definition) is 3. The van der Waals surface area contributed by atoms with E-state index in [0.29, 0.717) is 5.69 Å². The highest BCUT2D eigenvalue weighted by Crippen LogP contribution is 2.39. The highest BCUT2D eigenvalue weighted by Gasteiger charge is 2.41. The van der Waals surface area contributed by atoms with Crippen molar-refractivity contribution in [2.24, 2.45) is 10.4 Å². The van der Waals surface area contributed by atoms with Gasteiger partial charge in [0.05, 0.1) is 31.1 Å². The van der Waals surface area contributed by atoms with E-state index in [1.807, 2.05) is 41.1 Å². The van der Waals surface area contributed by atoms with Crippen LogP contribution in [0, 0.1) is 5.41 Å². The van der Waals surface area contributed by atoms with Crippen LogP contribution in [0.2, 0.25) is 0 Å². The summed E-state index contributed by atoms with van der Waals surface area (Å²) in [4.78, 5) is 17.5. The monoisotopic (exact) mass is 389 g/mol. The molecule has 0 saturated heterocycles. The minimum absolute atomic E-state index is 0.112. The van der Waals surface area contributed by atoms with Crippen LogP contribution >= 0.6 is 0 Å². The van der Waals surface area contributed by atoms with Gasteiger partial charge in [0.25, 0.3) is 5.69 Å². The van der Waals surface area contributed by atoms with Gasteiger partial charge in [0.2, 0.25) is 0 Å². The number of aliphatic hydroxyl groups is 1. The SMILES string of the molecule is CC(C)(C)C1=C(c2ccccc2)c2cccc[n+]2C1=Nc1c[nH]n(CCO)c1=O. The second-order valence-electron chi connectivity index (χ2n) is 8.10. The number of rotatable bonds is 4. The van der Waals surface area contributed by atoms with E-state index < -0.39 is 0 Å². The van der Waals surface area contributed by atoms with Crippen LogP contribution in [0.4, 0.5) is 5.69 Å². The molecule has 0 fully saturated rings. The number of nitrogens with zero attached hydrogens (tertiary/aromatic N) is 3. The number of aliphatic imine (C=N–C) groups is 1. The first-order valence-electron chi connectivity index (χ1n) is 9.71. The molecule has 4 rings (SSSR count). The fourth-order valence-corrected chi connectivity index (χ4v) is 3.77. The summed E-state index contributed by atoms with van der Waals surface area (Å²) in [7, 11) is 0. The molecule has 2 aromatic heterocycles. The summed E-state index contributed by atoms with van der Waals surface area (Å²) in [6.07, 6.45) is 3.57. The van der Waals surface area contributed by atoms with E-state index in [0.717, 1.165) is 28.2 Å². The normalized spacial score (nSPS) is 15.2. The van der Waals surface area contributed by atoms with E-state index in [1.54, 1.807) is 6.20 Å². The van der Waals surface area contributed by atoms with Crippen LogP contribution in [0.3, 0.4) is 0 Å². The van der Waals surface area contributed by atoms with Gasteiger partial charge in [0, 0.05) is 5.57 Å². The predicted octanol–water partition coefficient (Wildman–Crippen LogP) is 2.90. The molecule has 0 bridgehead atoms. The molecule has 0 radical (unpaired) electrons. The van der Waals surface area contributed by atoms with Gasteiger partial charge in [-0.15, -0.1) is 0 Å². The van der Waals surface area contributed by atoms with Crippen LogP contribution in [-0.2, 0) is 6.54 Å². The molecule has 29 heavy (non-hydrogen) atoms. The molecule has 0 aliphatic carbocycles. The summed E-state index contributed by atoms with van der Waals surface area (Å²) in [5.74, 6) is 0.749. The molecule has 0 saturated carbocycles. The lowest BCUT2D eigenvalue weighted by Crippen LogP contribution is -2.44. The Morgan fingerprint density at radius 3 is 2.52 bits per heavy atom. The Hall–Kier alpha value is -3.25. The molecular weight excluding hydrogens is 364 g/mol. The molecule has 3 aromatic rings. The fourth-order valence-electron chi connectivity index (χ4n) is 3.77. The largest absolute Gasteiger partial charge is 0.394 e. The molecule has 0 unspecified atom stereocenters. The maximum Gasteiger partial charge on any atom is 0.333 e. The molecule has 6 heteroatoms. The van der Waals surface area contributed by atoms with Gasteiger partial charge in [0.15, 0.2) is 0 Å². The van der Waals surface area contributed by atoms with Crippen LogP contribution in [0.25, 0.3) is 5.57 Å². The number of pyridine rings is 1. The quantitative estimate of drug-likeness (QED) is 0.674. The topological polar surface area (TPSA) is 74.3 Å². The number of aromatic nitrogens is 3. The van der Waals surface area contributed by atoms with Crippen LogP contribution in [0.15, 0.2) is 76.3 Å². The fraction of sp³-hybridized carbons (Fsp3) is 0.261. The van der Waals surface area contributed by atoms with Gasteiger partial charge in [-0.25, -0.2) is 4.68 Å². The first-order valence-corrected chi connectivity index (χ1v) is 9.71. The van der Waals surface area contributed by atoms with Crippen molar-refractivity contribution in [1.29, 1.82) is 0 Å². The van der Waals surface area contributed by atoms with E-state index in [1.165, 1.54) is 4.68 Å². The van der Waals surface area contributed by atoms with Crippen LogP contribution in [0.1, 0.15) is 32.0 Å². The highest BCUT2D eigenvalue weighted by atomic mass is 16.3. The number of aromatic amines is 1. The third kappa shape index (κ3) is 3.36. The Balaban J connectivity index is 2.00. The zero-order chi connectivity index (χ0) is 20.6. The molecule has 0 spiro atoms. The zero-order valence-electron chi connectivity index (χ0n) is 16.9. The lowest BCUT2D eigenvalue weighted by molar-refractivity contribution is -0.554. The Labute approximate surface area is 169 Å². The number of allylic oxidation sites excluding steroid dienone is 1. The lowest BCUT2D eigenvalue weighted by atomic mass is 9.81. The molecule has 1 aliphatic heterocycles. The highest BCUT2D eigenvalue weighted by molar-refractivity contribution is 6.08. The molecule has 6 nitrogen and oxygen atoms in total. The molecular formula is C23H25N4O2+. The Morgan fingerprint density at radius 1 is 1.10 bits per heavy atom. The van der Waals surface area contributed by atoms with Crippen molar-refractivity contribution in [2.45, 2.75) is 27.3 Å². The lowest BCUT2D eigenvalue weighted by Gasteiger charge is -2.19. The van der Waals surface area contributed by atoms with Crippen molar-refractivity contribution in [3.05, 3.63) is 88.1 Å². The number of nitrogens with one attached hydrogen (secondary N) is 1. The average molecular weight is 389 g/mol. The van der Waals surface area contributed by atoms with Crippen LogP contribution in [-0.4, -0.2) is 27.3 Å². The minimum Gasteiger partial charge on any atom is -0.394 e. The van der Waals surface area contributed by atoms with E-state index in [4.69, 9.17) is 10.1 Å². The summed E-state index contributed by atoms with van der Waals surface area (Å²) >= 11 is 0. The third-order valence-electron chi connectivity index (χ3n) is 5.00. The number of benzene rings is 1. The van der Waals surface area contributed by atoms with Gasteiger partial charge in [0.1, 0.15) is 5.69 Å². The summed E-state index contributed by atoms with van der Waals surface area (Å²) < 4.78 is 3.41. The molecule has 3 heterocycles. The predicted molar refractivity (Wildman–Crippen MR) is 113 cm³/mol. The summed E-state index contributed by atoms with van der Waals surface area (Å²) in [5, 5.41) is 12.0. The summed E-state index contributed by atoms with van der Waals surface area (Å²) in [6.45, 7) is 6.58. The van der Waals surface area contributed by atoms with Crippen molar-refractivity contribution in [3.8, 4) is 0 Å². The van der Waals surface area contributed by atoms with E-state index in [2.05, 4.69) is 44.1 Å². The number of hydrogen-bond donors (Lipinski definition) is 2. The second-order valence-corrected chi connectivity index (χ2v) is 8.10. The van der Waals surface area contributed by atoms with Gasteiger partial charge in [-0.3, -0.25) is 9.89 Å². The van der Waals surface area contributed by atoms with Crippen molar-refractivity contribution in [3.63, 3.8) is 0 Å². The van der Waals surface area contributed by atoms with Crippen LogP contribution in [0.5, 0.6) is 0 Å². The first kappa shape index (κ1) is 19.1. The van der Waals surface area contributed by atoms with E-state index in [-0.39, 0.29) is 24.1 Å². The second kappa shape index (κ2) is 7.29. The molecule has 0 amide bonds. The number of H-pyrrole nitrogens is 1. The molecule has 148 valence electrons. The van der Waals surface area contributed by atoms with Gasteiger partial charge in [-0.1, -0.05) is 57.2 Å². The van der Waals surface area contributed by atoms with Gasteiger partial charge in [-0.05, 0) is 28.1 Å². The molecule has 2 N–H and O–H groups in total.